The fraction of sp³-hybridized carbons (Fsp3) is 0.235. The summed E-state index contributed by atoms with van der Waals surface area (Å²) < 4.78 is 33.5. The van der Waals surface area contributed by atoms with Crippen LogP contribution in [0, 0.1) is 5.92 Å². The number of amides is 1. The quantitative estimate of drug-likeness (QED) is 0.454. The van der Waals surface area contributed by atoms with Crippen LogP contribution < -0.4 is 14.9 Å². The highest BCUT2D eigenvalue weighted by Gasteiger charge is 2.29. The van der Waals surface area contributed by atoms with Crippen molar-refractivity contribution in [3.8, 4) is 11.5 Å². The van der Waals surface area contributed by atoms with Crippen molar-refractivity contribution in [1.29, 1.82) is 0 Å². The summed E-state index contributed by atoms with van der Waals surface area (Å²) in [5, 5.41) is 8.82. The molecule has 138 valence electrons. The first-order valence-electron chi connectivity index (χ1n) is 7.87. The molecule has 1 aliphatic rings. The third kappa shape index (κ3) is 3.70. The van der Waals surface area contributed by atoms with E-state index in [-0.39, 0.29) is 10.8 Å². The van der Waals surface area contributed by atoms with Crippen LogP contribution in [0.25, 0.3) is 0 Å². The zero-order chi connectivity index (χ0) is 18.9. The van der Waals surface area contributed by atoms with Crippen LogP contribution >= 0.6 is 11.8 Å². The van der Waals surface area contributed by atoms with Crippen LogP contribution in [0.3, 0.4) is 0 Å². The summed E-state index contributed by atoms with van der Waals surface area (Å²) >= 11 is 1.41. The summed E-state index contributed by atoms with van der Waals surface area (Å²) in [7, 11) is -3.96. The Kier molecular flexibility index (Phi) is 5.24. The molecule has 7 nitrogen and oxygen atoms in total. The lowest BCUT2D eigenvalue weighted by Gasteiger charge is -2.22. The van der Waals surface area contributed by atoms with E-state index in [2.05, 4.69) is 4.72 Å². The van der Waals surface area contributed by atoms with Gasteiger partial charge >= 0.3 is 0 Å². The molecule has 1 aliphatic heterocycles. The van der Waals surface area contributed by atoms with Gasteiger partial charge in [-0.15, -0.1) is 0 Å². The van der Waals surface area contributed by atoms with Gasteiger partial charge in [-0.25, -0.2) is 13.9 Å². The minimum atomic E-state index is -3.96. The highest BCUT2D eigenvalue weighted by molar-refractivity contribution is 7.99. The van der Waals surface area contributed by atoms with E-state index in [4.69, 9.17) is 9.94 Å². The number of sulfonamides is 1. The second kappa shape index (κ2) is 7.28. The predicted octanol–water partition coefficient (Wildman–Crippen LogP) is 2.75. The first-order chi connectivity index (χ1) is 12.3. The lowest BCUT2D eigenvalue weighted by atomic mass is 10.1. The standard InChI is InChI=1S/C17H18N2O5S2/c1-10(2)16(17(20)18-21)19-26(22,23)11-7-8-13-15(9-11)25-14-6-4-3-5-12(14)24-13/h3-10,16,19,21H,1-2H3,(H,18,20)/t16-/m0/s1. The van der Waals surface area contributed by atoms with Crippen molar-refractivity contribution in [1.82, 2.24) is 10.2 Å². The molecule has 1 heterocycles. The van der Waals surface area contributed by atoms with Crippen LogP contribution in [0.15, 0.2) is 57.2 Å². The second-order valence-electron chi connectivity index (χ2n) is 6.08. The van der Waals surface area contributed by atoms with Gasteiger partial charge in [0.1, 0.15) is 17.5 Å². The number of rotatable bonds is 5. The number of fused-ring (bicyclic) bond motifs is 2. The second-order valence-corrected chi connectivity index (χ2v) is 8.88. The van der Waals surface area contributed by atoms with Crippen molar-refractivity contribution in [2.45, 2.75) is 34.6 Å². The van der Waals surface area contributed by atoms with E-state index in [0.29, 0.717) is 10.6 Å². The predicted molar refractivity (Wildman–Crippen MR) is 96.0 cm³/mol. The lowest BCUT2D eigenvalue weighted by Crippen LogP contribution is -2.48. The van der Waals surface area contributed by atoms with Crippen molar-refractivity contribution in [3.63, 3.8) is 0 Å². The van der Waals surface area contributed by atoms with Gasteiger partial charge in [-0.2, -0.15) is 4.72 Å². The van der Waals surface area contributed by atoms with Gasteiger partial charge in [0.15, 0.2) is 0 Å². The number of hydrogen-bond donors (Lipinski definition) is 3. The number of ether oxygens (including phenoxy) is 1. The Morgan fingerprint density at radius 3 is 2.50 bits per heavy atom. The fourth-order valence-corrected chi connectivity index (χ4v) is 4.91. The Hall–Kier alpha value is -2.07. The summed E-state index contributed by atoms with van der Waals surface area (Å²) in [6.45, 7) is 3.35. The van der Waals surface area contributed by atoms with Crippen molar-refractivity contribution >= 4 is 27.7 Å². The van der Waals surface area contributed by atoms with E-state index in [1.54, 1.807) is 19.9 Å². The maximum atomic E-state index is 12.7. The molecule has 0 radical (unpaired) electrons. The van der Waals surface area contributed by atoms with E-state index >= 15 is 0 Å². The molecule has 0 fully saturated rings. The SMILES string of the molecule is CC(C)[C@H](NS(=O)(=O)c1ccc2c(c1)Sc1ccccc1O2)C(=O)NO. The summed E-state index contributed by atoms with van der Waals surface area (Å²) in [6.07, 6.45) is 0. The van der Waals surface area contributed by atoms with Crippen LogP contribution in [0.5, 0.6) is 11.5 Å². The summed E-state index contributed by atoms with van der Waals surface area (Å²) in [4.78, 5) is 13.3. The number of hydroxylamine groups is 1. The van der Waals surface area contributed by atoms with E-state index in [1.165, 1.54) is 29.4 Å². The molecule has 0 unspecified atom stereocenters. The number of carbonyl (C=O) groups excluding carboxylic acids is 1. The number of carbonyl (C=O) groups is 1. The number of para-hydroxylation sites is 1. The average Bonchev–Trinajstić information content (AvgIpc) is 2.63. The molecule has 0 saturated carbocycles. The molecule has 0 bridgehead atoms. The average molecular weight is 394 g/mol. The van der Waals surface area contributed by atoms with Gasteiger partial charge < -0.3 is 4.74 Å². The largest absolute Gasteiger partial charge is 0.455 e. The zero-order valence-electron chi connectivity index (χ0n) is 14.1. The first kappa shape index (κ1) is 18.7. The molecule has 26 heavy (non-hydrogen) atoms. The van der Waals surface area contributed by atoms with E-state index in [1.807, 2.05) is 24.3 Å². The summed E-state index contributed by atoms with van der Waals surface area (Å²) in [6, 6.07) is 10.9. The molecule has 1 atom stereocenters. The van der Waals surface area contributed by atoms with Gasteiger partial charge in [-0.3, -0.25) is 10.0 Å². The molecule has 2 aromatic rings. The Bertz CT molecular complexity index is 944. The van der Waals surface area contributed by atoms with Gasteiger partial charge in [-0.05, 0) is 36.2 Å². The van der Waals surface area contributed by atoms with Gasteiger partial charge in [0, 0.05) is 0 Å². The van der Waals surface area contributed by atoms with Gasteiger partial charge in [0.25, 0.3) is 5.91 Å². The Balaban J connectivity index is 1.89. The number of benzene rings is 2. The normalized spacial score (nSPS) is 14.2. The minimum Gasteiger partial charge on any atom is -0.455 e. The maximum absolute atomic E-state index is 12.7. The summed E-state index contributed by atoms with van der Waals surface area (Å²) in [5.74, 6) is 0.131. The van der Waals surface area contributed by atoms with Crippen LogP contribution in [-0.2, 0) is 14.8 Å². The van der Waals surface area contributed by atoms with Crippen LogP contribution in [0.2, 0.25) is 0 Å². The molecule has 9 heteroatoms. The van der Waals surface area contributed by atoms with Crippen LogP contribution in [-0.4, -0.2) is 25.6 Å². The molecular weight excluding hydrogens is 376 g/mol. The molecule has 1 amide bonds. The smallest absolute Gasteiger partial charge is 0.261 e. The highest BCUT2D eigenvalue weighted by atomic mass is 32.2. The molecule has 3 N–H and O–H groups in total. The van der Waals surface area contributed by atoms with Crippen LogP contribution in [0.1, 0.15) is 13.8 Å². The maximum Gasteiger partial charge on any atom is 0.261 e. The van der Waals surface area contributed by atoms with Gasteiger partial charge in [0.2, 0.25) is 10.0 Å². The Labute approximate surface area is 155 Å². The Morgan fingerprint density at radius 2 is 1.81 bits per heavy atom. The topological polar surface area (TPSA) is 105 Å². The highest BCUT2D eigenvalue weighted by Crippen LogP contribution is 2.47. The van der Waals surface area contributed by atoms with Crippen molar-refractivity contribution < 1.29 is 23.2 Å². The zero-order valence-corrected chi connectivity index (χ0v) is 15.7. The lowest BCUT2D eigenvalue weighted by molar-refractivity contribution is -0.131. The van der Waals surface area contributed by atoms with E-state index < -0.39 is 22.0 Å². The van der Waals surface area contributed by atoms with Gasteiger partial charge in [-0.1, -0.05) is 37.7 Å². The summed E-state index contributed by atoms with van der Waals surface area (Å²) in [5.41, 5.74) is 1.49. The third-order valence-electron chi connectivity index (χ3n) is 3.86. The number of hydrogen-bond acceptors (Lipinski definition) is 6. The molecule has 0 saturated heterocycles. The van der Waals surface area contributed by atoms with E-state index in [0.717, 1.165) is 10.6 Å². The van der Waals surface area contributed by atoms with E-state index in [9.17, 15) is 13.2 Å². The molecule has 0 aliphatic carbocycles. The molecule has 2 aromatic carbocycles. The first-order valence-corrected chi connectivity index (χ1v) is 10.2. The molecule has 0 spiro atoms. The molecular formula is C17H18N2O5S2. The number of nitrogens with one attached hydrogen (secondary N) is 2. The monoisotopic (exact) mass is 394 g/mol. The van der Waals surface area contributed by atoms with Gasteiger partial charge in [0.05, 0.1) is 14.7 Å². The molecule has 0 aromatic heterocycles. The van der Waals surface area contributed by atoms with Crippen molar-refractivity contribution in [2.24, 2.45) is 5.92 Å². The third-order valence-corrected chi connectivity index (χ3v) is 6.39. The molecule has 3 rings (SSSR count). The van der Waals surface area contributed by atoms with Crippen LogP contribution in [0.4, 0.5) is 0 Å². The fourth-order valence-electron chi connectivity index (χ4n) is 2.47. The van der Waals surface area contributed by atoms with Crippen molar-refractivity contribution in [2.75, 3.05) is 0 Å². The minimum absolute atomic E-state index is 0.0168. The van der Waals surface area contributed by atoms with Crippen molar-refractivity contribution in [3.05, 3.63) is 42.5 Å². The Morgan fingerprint density at radius 1 is 1.12 bits per heavy atom.